The summed E-state index contributed by atoms with van der Waals surface area (Å²) in [5, 5.41) is 0. The highest BCUT2D eigenvalue weighted by Crippen LogP contribution is 2.27. The van der Waals surface area contributed by atoms with Crippen LogP contribution in [-0.4, -0.2) is 84.8 Å². The van der Waals surface area contributed by atoms with Crippen LogP contribution in [0.25, 0.3) is 0 Å². The molecule has 0 spiro atoms. The molecule has 0 radical (unpaired) electrons. The van der Waals surface area contributed by atoms with Crippen molar-refractivity contribution in [3.63, 3.8) is 0 Å². The molecule has 0 rings (SSSR count). The van der Waals surface area contributed by atoms with Crippen LogP contribution in [0.5, 0.6) is 0 Å². The molecule has 0 heterocycles. The molecule has 0 bridgehead atoms. The van der Waals surface area contributed by atoms with Gasteiger partial charge in [0.2, 0.25) is 0 Å². The Morgan fingerprint density at radius 3 is 0.630 bits per heavy atom. The van der Waals surface area contributed by atoms with Gasteiger partial charge in [-0.2, -0.15) is 0 Å². The van der Waals surface area contributed by atoms with Crippen molar-refractivity contribution in [3.05, 3.63) is 0 Å². The van der Waals surface area contributed by atoms with Gasteiger partial charge in [-0.15, -0.1) is 0 Å². The first-order valence-electron chi connectivity index (χ1n) is 7.45. The number of hydrogen-bond donors (Lipinski definition) is 0. The second-order valence-electron chi connectivity index (χ2n) is 8.29. The fourth-order valence-electron chi connectivity index (χ4n) is 1.70. The van der Waals surface area contributed by atoms with Crippen molar-refractivity contribution in [1.82, 2.24) is 0 Å². The number of hydrogen-bond acceptors (Lipinski definition) is 6. The molecule has 0 N–H and O–H groups in total. The maximum absolute atomic E-state index is 11.4. The Balaban J connectivity index is -0.000000320. The molecule has 0 aliphatic heterocycles. The lowest BCUT2D eigenvalue weighted by atomic mass is 10.5. The molecule has 0 atom stereocenters. The number of carbonyl (C=O) groups excluding carboxylic acids is 3. The molecule has 6 nitrogen and oxygen atoms in total. The molecule has 0 saturated carbocycles. The molecule has 168 valence electrons. The highest BCUT2D eigenvalue weighted by Gasteiger charge is 2.23. The van der Waals surface area contributed by atoms with Gasteiger partial charge in [-0.1, -0.05) is 0 Å². The molecule has 0 aliphatic rings. The van der Waals surface area contributed by atoms with Gasteiger partial charge in [0.1, 0.15) is 17.3 Å². The van der Waals surface area contributed by atoms with E-state index in [0.717, 1.165) is 0 Å². The average molecular weight is 786 g/mol. The Bertz CT molecular complexity index is 645. The van der Waals surface area contributed by atoms with Crippen molar-refractivity contribution >= 4 is 99.7 Å². The molecular formula is C15H33I3O6S3. The van der Waals surface area contributed by atoms with E-state index in [1.54, 1.807) is 37.5 Å². The average Bonchev–Trinajstić information content (AvgIpc) is 1.98. The van der Waals surface area contributed by atoms with E-state index in [2.05, 4.69) is 0 Å². The molecule has 0 amide bonds. The summed E-state index contributed by atoms with van der Waals surface area (Å²) in [7, 11) is 0. The number of Topliss-reactive ketones (excluding diaryl/α,β-unsaturated/α-hetero) is 3. The third-order valence-corrected chi connectivity index (χ3v) is 8.25. The largest absolute Gasteiger partial charge is 0.299 e. The molecule has 0 aliphatic carbocycles. The topological polar surface area (TPSA) is 102 Å². The highest BCUT2D eigenvalue weighted by atomic mass is 127. The van der Waals surface area contributed by atoms with E-state index < -0.39 is 18.7 Å². The van der Waals surface area contributed by atoms with Gasteiger partial charge in [0.25, 0.3) is 0 Å². The van der Waals surface area contributed by atoms with Gasteiger partial charge in [-0.05, 0) is 39.5 Å². The lowest BCUT2D eigenvalue weighted by Crippen LogP contribution is -2.28. The monoisotopic (exact) mass is 786 g/mol. The first-order chi connectivity index (χ1) is 11.0. The zero-order valence-electron chi connectivity index (χ0n) is 17.4. The number of rotatable bonds is 6. The van der Waals surface area contributed by atoms with Crippen LogP contribution in [0.3, 0.4) is 0 Å². The quantitative estimate of drug-likeness (QED) is 0.304. The van der Waals surface area contributed by atoms with Gasteiger partial charge in [0.05, 0.1) is 17.3 Å². The highest BCUT2D eigenvalue weighted by molar-refractivity contribution is 14.2. The van der Waals surface area contributed by atoms with Crippen molar-refractivity contribution in [2.45, 2.75) is 20.8 Å². The summed E-state index contributed by atoms with van der Waals surface area (Å²) in [5.41, 5.74) is 0. The standard InChI is InChI=1S/3C5H11IO2S/c3*1-5(7)4-9(2,3,6)8/h3*4H2,1-3H3. The maximum atomic E-state index is 11.4. The predicted octanol–water partition coefficient (Wildman–Crippen LogP) is 3.02. The summed E-state index contributed by atoms with van der Waals surface area (Å²) < 4.78 is 34.1. The van der Waals surface area contributed by atoms with Crippen LogP contribution >= 0.6 is 63.6 Å². The fraction of sp³-hybridized carbons (Fsp3) is 0.800. The molecule has 12 heteroatoms. The van der Waals surface area contributed by atoms with Crippen molar-refractivity contribution in [1.29, 1.82) is 0 Å². The van der Waals surface area contributed by atoms with E-state index in [0.29, 0.717) is 0 Å². The molecule has 0 saturated heterocycles. The molecule has 27 heavy (non-hydrogen) atoms. The molecule has 0 fully saturated rings. The number of ketones is 3. The van der Waals surface area contributed by atoms with Crippen molar-refractivity contribution < 1.29 is 27.0 Å². The summed E-state index contributed by atoms with van der Waals surface area (Å²) in [5.74, 6) is 0.553. The minimum absolute atomic E-state index is 0.00796. The molecule has 0 aromatic carbocycles. The summed E-state index contributed by atoms with van der Waals surface area (Å²) >= 11 is 5.57. The minimum Gasteiger partial charge on any atom is -0.299 e. The second kappa shape index (κ2) is 10.3. The molecule has 0 unspecified atom stereocenters. The zero-order chi connectivity index (χ0) is 23.2. The van der Waals surface area contributed by atoms with E-state index in [-0.39, 0.29) is 34.6 Å². The van der Waals surface area contributed by atoms with Crippen molar-refractivity contribution in [3.8, 4) is 0 Å². The minimum atomic E-state index is -2.58. The zero-order valence-corrected chi connectivity index (χ0v) is 26.4. The van der Waals surface area contributed by atoms with E-state index in [4.69, 9.17) is 0 Å². The van der Waals surface area contributed by atoms with Gasteiger partial charge >= 0.3 is 0 Å². The van der Waals surface area contributed by atoms with Crippen LogP contribution < -0.4 is 0 Å². The Morgan fingerprint density at radius 2 is 0.630 bits per heavy atom. The molecule has 0 aromatic heterocycles. The summed E-state index contributed by atoms with van der Waals surface area (Å²) in [4.78, 5) is 31.5. The third-order valence-electron chi connectivity index (χ3n) is 1.82. The van der Waals surface area contributed by atoms with Crippen molar-refractivity contribution in [2.75, 3.05) is 54.8 Å². The Labute approximate surface area is 199 Å². The van der Waals surface area contributed by atoms with Gasteiger partial charge in [0.15, 0.2) is 0 Å². The fourth-order valence-corrected chi connectivity index (χ4v) is 9.04. The smallest absolute Gasteiger partial charge is 0.141 e. The molecule has 0 aromatic rings. The van der Waals surface area contributed by atoms with Gasteiger partial charge in [0, 0.05) is 101 Å². The lowest BCUT2D eigenvalue weighted by molar-refractivity contribution is -0.115. The maximum Gasteiger partial charge on any atom is 0.141 e. The van der Waals surface area contributed by atoms with Crippen LogP contribution in [0.2, 0.25) is 0 Å². The first kappa shape index (κ1) is 33.3. The SMILES string of the molecule is CC(=O)CS(C)(C)(=O)I.CC(=O)CS(C)(C)(=O)I.CC(=O)CS(C)(C)(=O)I. The van der Waals surface area contributed by atoms with Gasteiger partial charge in [-0.25, -0.2) is 0 Å². The van der Waals surface area contributed by atoms with Gasteiger partial charge < -0.3 is 0 Å². The Morgan fingerprint density at radius 1 is 0.519 bits per heavy atom. The van der Waals surface area contributed by atoms with Crippen molar-refractivity contribution in [2.24, 2.45) is 0 Å². The first-order valence-corrected chi connectivity index (χ1v) is 23.9. The Kier molecular flexibility index (Phi) is 12.7. The second-order valence-corrected chi connectivity index (χ2v) is 45.4. The number of halogens is 3. The van der Waals surface area contributed by atoms with E-state index in [9.17, 15) is 27.0 Å². The summed E-state index contributed by atoms with van der Waals surface area (Å²) in [6, 6.07) is 0. The van der Waals surface area contributed by atoms with E-state index in [1.165, 1.54) is 20.8 Å². The van der Waals surface area contributed by atoms with E-state index >= 15 is 0 Å². The lowest BCUT2D eigenvalue weighted by Gasteiger charge is -2.23. The van der Waals surface area contributed by atoms with E-state index in [1.807, 2.05) is 63.6 Å². The van der Waals surface area contributed by atoms with Gasteiger partial charge in [-0.3, -0.25) is 27.0 Å². The third kappa shape index (κ3) is 47.1. The van der Waals surface area contributed by atoms with Crippen LogP contribution in [0.1, 0.15) is 20.8 Å². The summed E-state index contributed by atoms with van der Waals surface area (Å²) in [6.45, 7) is 4.37. The van der Waals surface area contributed by atoms with Crippen LogP contribution in [0, 0.1) is 0 Å². The van der Waals surface area contributed by atoms with Crippen LogP contribution in [-0.2, 0) is 33.1 Å². The van der Waals surface area contributed by atoms with Crippen LogP contribution in [0.15, 0.2) is 0 Å². The predicted molar refractivity (Wildman–Crippen MR) is 149 cm³/mol. The molecular weight excluding hydrogens is 753 g/mol. The summed E-state index contributed by atoms with van der Waals surface area (Å²) in [6.07, 6.45) is 2.01. The number of carbonyl (C=O) groups is 3. The normalized spacial score (nSPS) is 16.2. The Hall–Kier alpha value is 1.65. The van der Waals surface area contributed by atoms with Crippen LogP contribution in [0.4, 0.5) is 0 Å².